The topological polar surface area (TPSA) is 104 Å². The number of rotatable bonds is 9. The Bertz CT molecular complexity index is 1000. The SMILES string of the molecule is CCNC(=NCc1ccccc1Cn1cccn1)NCCNC(=O)c1ccccc1O. The van der Waals surface area contributed by atoms with Crippen molar-refractivity contribution in [3.63, 3.8) is 0 Å². The highest BCUT2D eigenvalue weighted by molar-refractivity contribution is 5.96. The first-order chi connectivity index (χ1) is 15.2. The maximum Gasteiger partial charge on any atom is 0.255 e. The quantitative estimate of drug-likeness (QED) is 0.241. The van der Waals surface area contributed by atoms with Gasteiger partial charge in [0.25, 0.3) is 5.91 Å². The Kier molecular flexibility index (Phi) is 8.05. The Morgan fingerprint density at radius 1 is 1.00 bits per heavy atom. The lowest BCUT2D eigenvalue weighted by molar-refractivity contribution is 0.0951. The number of phenols is 1. The Labute approximate surface area is 182 Å². The van der Waals surface area contributed by atoms with Gasteiger partial charge in [-0.15, -0.1) is 0 Å². The summed E-state index contributed by atoms with van der Waals surface area (Å²) in [5, 5.41) is 23.3. The molecular formula is C23H28N6O2. The summed E-state index contributed by atoms with van der Waals surface area (Å²) in [7, 11) is 0. The number of carbonyl (C=O) groups is 1. The van der Waals surface area contributed by atoms with Gasteiger partial charge in [0.15, 0.2) is 5.96 Å². The molecular weight excluding hydrogens is 392 g/mol. The van der Waals surface area contributed by atoms with E-state index in [4.69, 9.17) is 0 Å². The van der Waals surface area contributed by atoms with Gasteiger partial charge in [0.05, 0.1) is 18.7 Å². The van der Waals surface area contributed by atoms with Gasteiger partial charge in [0.1, 0.15) is 5.75 Å². The van der Waals surface area contributed by atoms with E-state index >= 15 is 0 Å². The molecule has 0 bridgehead atoms. The predicted octanol–water partition coefficient (Wildman–Crippen LogP) is 2.12. The molecule has 0 atom stereocenters. The minimum absolute atomic E-state index is 0.0309. The maximum atomic E-state index is 12.2. The lowest BCUT2D eigenvalue weighted by Gasteiger charge is -2.13. The molecule has 3 rings (SSSR count). The van der Waals surface area contributed by atoms with E-state index in [2.05, 4.69) is 38.2 Å². The molecule has 0 saturated carbocycles. The minimum Gasteiger partial charge on any atom is -0.507 e. The molecule has 0 fully saturated rings. The summed E-state index contributed by atoms with van der Waals surface area (Å²) in [5.41, 5.74) is 2.56. The second-order valence-electron chi connectivity index (χ2n) is 6.87. The number of hydrogen-bond acceptors (Lipinski definition) is 4. The highest BCUT2D eigenvalue weighted by atomic mass is 16.3. The van der Waals surface area contributed by atoms with Crippen LogP contribution in [-0.2, 0) is 13.1 Å². The molecule has 3 aromatic rings. The average Bonchev–Trinajstić information content (AvgIpc) is 3.29. The predicted molar refractivity (Wildman–Crippen MR) is 121 cm³/mol. The van der Waals surface area contributed by atoms with E-state index in [1.807, 2.05) is 36.0 Å². The molecule has 162 valence electrons. The first-order valence-corrected chi connectivity index (χ1v) is 10.3. The summed E-state index contributed by atoms with van der Waals surface area (Å²) in [5.74, 6) is 0.333. The molecule has 0 spiro atoms. The first-order valence-electron chi connectivity index (χ1n) is 10.3. The molecule has 0 radical (unpaired) electrons. The van der Waals surface area contributed by atoms with Crippen molar-refractivity contribution in [1.82, 2.24) is 25.7 Å². The molecule has 4 N–H and O–H groups in total. The van der Waals surface area contributed by atoms with Crippen molar-refractivity contribution in [1.29, 1.82) is 0 Å². The number of aromatic hydroxyl groups is 1. The molecule has 1 aromatic heterocycles. The van der Waals surface area contributed by atoms with Gasteiger partial charge in [-0.1, -0.05) is 36.4 Å². The number of aliphatic imine (C=N–C) groups is 1. The molecule has 0 saturated heterocycles. The summed E-state index contributed by atoms with van der Waals surface area (Å²) >= 11 is 0. The van der Waals surface area contributed by atoms with Crippen molar-refractivity contribution < 1.29 is 9.90 Å². The third kappa shape index (κ3) is 6.60. The summed E-state index contributed by atoms with van der Waals surface area (Å²) in [6.45, 7) is 4.85. The highest BCUT2D eigenvalue weighted by Crippen LogP contribution is 2.15. The number of benzene rings is 2. The Morgan fingerprint density at radius 3 is 2.48 bits per heavy atom. The number of aromatic nitrogens is 2. The number of hydrogen-bond donors (Lipinski definition) is 4. The molecule has 2 aromatic carbocycles. The number of nitrogens with zero attached hydrogens (tertiary/aromatic N) is 3. The van der Waals surface area contributed by atoms with E-state index < -0.39 is 0 Å². The van der Waals surface area contributed by atoms with E-state index in [1.54, 1.807) is 24.4 Å². The molecule has 1 heterocycles. The standard InChI is InChI=1S/C23H28N6O2/c1-2-24-23(26-14-13-25-22(31)20-10-5-6-11-21(20)30)27-16-18-8-3-4-9-19(18)17-29-15-7-12-28-29/h3-12,15,30H,2,13-14,16-17H2,1H3,(H,25,31)(H2,24,26,27). The molecule has 1 amide bonds. The average molecular weight is 421 g/mol. The zero-order chi connectivity index (χ0) is 21.9. The molecule has 0 unspecified atom stereocenters. The van der Waals surface area contributed by atoms with Crippen LogP contribution in [-0.4, -0.2) is 46.4 Å². The number of para-hydroxylation sites is 1. The van der Waals surface area contributed by atoms with Crippen molar-refractivity contribution in [2.24, 2.45) is 4.99 Å². The van der Waals surface area contributed by atoms with Crippen LogP contribution in [0.5, 0.6) is 5.75 Å². The number of carbonyl (C=O) groups excluding carboxylic acids is 1. The minimum atomic E-state index is -0.311. The van der Waals surface area contributed by atoms with Gasteiger partial charge in [-0.2, -0.15) is 5.10 Å². The van der Waals surface area contributed by atoms with Crippen molar-refractivity contribution in [2.45, 2.75) is 20.0 Å². The van der Waals surface area contributed by atoms with Crippen molar-refractivity contribution in [3.8, 4) is 5.75 Å². The molecule has 0 aliphatic carbocycles. The maximum absolute atomic E-state index is 12.2. The van der Waals surface area contributed by atoms with Crippen molar-refractivity contribution >= 4 is 11.9 Å². The fraction of sp³-hybridized carbons (Fsp3) is 0.261. The fourth-order valence-corrected chi connectivity index (χ4v) is 3.06. The van der Waals surface area contributed by atoms with Crippen LogP contribution < -0.4 is 16.0 Å². The van der Waals surface area contributed by atoms with Crippen LogP contribution in [0.2, 0.25) is 0 Å². The van der Waals surface area contributed by atoms with Crippen LogP contribution >= 0.6 is 0 Å². The number of nitrogens with one attached hydrogen (secondary N) is 3. The van der Waals surface area contributed by atoms with Crippen LogP contribution in [0.4, 0.5) is 0 Å². The zero-order valence-corrected chi connectivity index (χ0v) is 17.6. The number of amides is 1. The Balaban J connectivity index is 1.54. The molecule has 0 aliphatic rings. The summed E-state index contributed by atoms with van der Waals surface area (Å²) in [4.78, 5) is 16.8. The van der Waals surface area contributed by atoms with Gasteiger partial charge < -0.3 is 21.1 Å². The second-order valence-corrected chi connectivity index (χ2v) is 6.87. The van der Waals surface area contributed by atoms with Crippen LogP contribution in [0.25, 0.3) is 0 Å². The largest absolute Gasteiger partial charge is 0.507 e. The van der Waals surface area contributed by atoms with Crippen LogP contribution in [0.1, 0.15) is 28.4 Å². The van der Waals surface area contributed by atoms with E-state index in [9.17, 15) is 9.90 Å². The Morgan fingerprint density at radius 2 is 1.74 bits per heavy atom. The second kappa shape index (κ2) is 11.4. The fourth-order valence-electron chi connectivity index (χ4n) is 3.06. The number of guanidine groups is 1. The highest BCUT2D eigenvalue weighted by Gasteiger charge is 2.09. The summed E-state index contributed by atoms with van der Waals surface area (Å²) in [6, 6.07) is 16.6. The smallest absolute Gasteiger partial charge is 0.255 e. The van der Waals surface area contributed by atoms with Gasteiger partial charge in [-0.25, -0.2) is 4.99 Å². The van der Waals surface area contributed by atoms with E-state index in [-0.39, 0.29) is 17.2 Å². The van der Waals surface area contributed by atoms with Crippen LogP contribution in [0.3, 0.4) is 0 Å². The molecule has 8 heteroatoms. The molecule has 31 heavy (non-hydrogen) atoms. The van der Waals surface area contributed by atoms with Gasteiger partial charge in [0, 0.05) is 32.0 Å². The van der Waals surface area contributed by atoms with Crippen molar-refractivity contribution in [3.05, 3.63) is 83.7 Å². The van der Waals surface area contributed by atoms with Gasteiger partial charge in [0.2, 0.25) is 0 Å². The van der Waals surface area contributed by atoms with Crippen LogP contribution in [0.15, 0.2) is 72.0 Å². The molecule has 0 aliphatic heterocycles. The monoisotopic (exact) mass is 420 g/mol. The third-order valence-electron chi connectivity index (χ3n) is 4.61. The summed E-state index contributed by atoms with van der Waals surface area (Å²) < 4.78 is 1.89. The first kappa shape index (κ1) is 21.9. The number of phenolic OH excluding ortho intramolecular Hbond substituents is 1. The van der Waals surface area contributed by atoms with Crippen molar-refractivity contribution in [2.75, 3.05) is 19.6 Å². The Hall–Kier alpha value is -3.81. The van der Waals surface area contributed by atoms with Gasteiger partial charge in [-0.3, -0.25) is 9.48 Å². The van der Waals surface area contributed by atoms with E-state index in [0.29, 0.717) is 32.1 Å². The summed E-state index contributed by atoms with van der Waals surface area (Å²) in [6.07, 6.45) is 3.71. The zero-order valence-electron chi connectivity index (χ0n) is 17.6. The van der Waals surface area contributed by atoms with E-state index in [1.165, 1.54) is 11.6 Å². The van der Waals surface area contributed by atoms with E-state index in [0.717, 1.165) is 12.1 Å². The lowest BCUT2D eigenvalue weighted by atomic mass is 10.1. The lowest BCUT2D eigenvalue weighted by Crippen LogP contribution is -2.41. The van der Waals surface area contributed by atoms with Gasteiger partial charge in [-0.05, 0) is 36.2 Å². The third-order valence-corrected chi connectivity index (χ3v) is 4.61. The molecule has 8 nitrogen and oxygen atoms in total. The van der Waals surface area contributed by atoms with Crippen LogP contribution in [0, 0.1) is 0 Å². The normalized spacial score (nSPS) is 11.2. The van der Waals surface area contributed by atoms with Gasteiger partial charge >= 0.3 is 0 Å².